The number of fused-ring (bicyclic) bond motifs is 1. The van der Waals surface area contributed by atoms with Crippen molar-refractivity contribution in [3.05, 3.63) is 53.7 Å². The van der Waals surface area contributed by atoms with E-state index >= 15 is 0 Å². The van der Waals surface area contributed by atoms with E-state index in [-0.39, 0.29) is 11.6 Å². The molecule has 4 nitrogen and oxygen atoms in total. The Morgan fingerprint density at radius 2 is 2.26 bits per heavy atom. The van der Waals surface area contributed by atoms with Gasteiger partial charge < -0.3 is 5.32 Å². The van der Waals surface area contributed by atoms with E-state index < -0.39 is 0 Å². The van der Waals surface area contributed by atoms with Crippen LogP contribution in [0.2, 0.25) is 0 Å². The van der Waals surface area contributed by atoms with E-state index in [9.17, 15) is 4.79 Å². The second-order valence-corrected chi connectivity index (χ2v) is 4.22. The van der Waals surface area contributed by atoms with E-state index in [0.717, 1.165) is 17.5 Å². The molecule has 0 saturated carbocycles. The van der Waals surface area contributed by atoms with Crippen LogP contribution in [0.5, 0.6) is 0 Å². The fourth-order valence-corrected chi connectivity index (χ4v) is 1.89. The average Bonchev–Trinajstić information content (AvgIpc) is 2.44. The highest BCUT2D eigenvalue weighted by molar-refractivity contribution is 6.09. The predicted molar refractivity (Wildman–Crippen MR) is 74.8 cm³/mol. The maximum absolute atomic E-state index is 11.6. The lowest BCUT2D eigenvalue weighted by Crippen LogP contribution is -2.31. The molecule has 4 heteroatoms. The zero-order chi connectivity index (χ0) is 13.8. The highest BCUT2D eigenvalue weighted by Gasteiger charge is 2.16. The van der Waals surface area contributed by atoms with Gasteiger partial charge in [-0.05, 0) is 29.2 Å². The smallest absolute Gasteiger partial charge is 0.251 e. The van der Waals surface area contributed by atoms with Crippen molar-refractivity contribution in [1.82, 2.24) is 5.32 Å². The Bertz CT molecular complexity index is 635. The number of hydrogen-bond donors (Lipinski definition) is 1. The number of nitriles is 1. The zero-order valence-corrected chi connectivity index (χ0v) is 10.4. The Morgan fingerprint density at radius 1 is 1.47 bits per heavy atom. The van der Waals surface area contributed by atoms with Crippen LogP contribution in [-0.2, 0) is 6.42 Å². The minimum absolute atomic E-state index is 0.0371. The van der Waals surface area contributed by atoms with Gasteiger partial charge in [-0.15, -0.1) is 0 Å². The van der Waals surface area contributed by atoms with Gasteiger partial charge in [-0.1, -0.05) is 25.3 Å². The van der Waals surface area contributed by atoms with Gasteiger partial charge in [0, 0.05) is 18.3 Å². The third kappa shape index (κ3) is 2.78. The molecule has 0 fully saturated rings. The van der Waals surface area contributed by atoms with Gasteiger partial charge in [-0.25, -0.2) is 4.99 Å². The molecular formula is C15H13N3O. The Balaban J connectivity index is 2.25. The summed E-state index contributed by atoms with van der Waals surface area (Å²) >= 11 is 0. The Hall–Kier alpha value is -2.67. The molecule has 0 radical (unpaired) electrons. The van der Waals surface area contributed by atoms with Crippen molar-refractivity contribution in [3.63, 3.8) is 0 Å². The molecule has 0 saturated heterocycles. The summed E-state index contributed by atoms with van der Waals surface area (Å²) in [6.45, 7) is 8.02. The number of nitrogens with one attached hydrogen (secondary N) is 1. The van der Waals surface area contributed by atoms with Gasteiger partial charge in [0.05, 0.1) is 0 Å². The van der Waals surface area contributed by atoms with Crippen LogP contribution in [0.1, 0.15) is 21.5 Å². The van der Waals surface area contributed by atoms with Crippen molar-refractivity contribution >= 4 is 17.7 Å². The lowest BCUT2D eigenvalue weighted by Gasteiger charge is -2.17. The molecule has 1 aromatic carbocycles. The number of aliphatic imine (C=N–C) groups is 1. The lowest BCUT2D eigenvalue weighted by atomic mass is 9.95. The number of hydrogen-bond acceptors (Lipinski definition) is 3. The largest absolute Gasteiger partial charge is 0.352 e. The first-order valence-corrected chi connectivity index (χ1v) is 5.85. The Kier molecular flexibility index (Phi) is 3.58. The summed E-state index contributed by atoms with van der Waals surface area (Å²) in [5.41, 5.74) is 3.43. The summed E-state index contributed by atoms with van der Waals surface area (Å²) in [6.07, 6.45) is 2.32. The molecular weight excluding hydrogens is 238 g/mol. The summed E-state index contributed by atoms with van der Waals surface area (Å²) in [5.74, 6) is -0.0371. The van der Waals surface area contributed by atoms with Crippen molar-refractivity contribution in [2.24, 2.45) is 4.99 Å². The molecule has 1 heterocycles. The van der Waals surface area contributed by atoms with Gasteiger partial charge in [0.15, 0.2) is 0 Å². The first-order valence-electron chi connectivity index (χ1n) is 5.85. The second kappa shape index (κ2) is 5.32. The van der Waals surface area contributed by atoms with Crippen molar-refractivity contribution in [2.45, 2.75) is 6.42 Å². The standard InChI is InChI=1S/C15H13N3O/c1-10(9-18-11(2)8-16)12-3-4-14-13(7-12)5-6-17-15(14)19/h3-4,7,9H,1-2,5-6H2,(H,17,19). The van der Waals surface area contributed by atoms with E-state index in [2.05, 4.69) is 23.5 Å². The van der Waals surface area contributed by atoms with E-state index in [0.29, 0.717) is 17.7 Å². The third-order valence-corrected chi connectivity index (χ3v) is 2.91. The van der Waals surface area contributed by atoms with Gasteiger partial charge in [0.2, 0.25) is 0 Å². The molecule has 2 rings (SSSR count). The van der Waals surface area contributed by atoms with Crippen molar-refractivity contribution in [1.29, 1.82) is 5.26 Å². The normalized spacial score (nSPS) is 13.5. The summed E-state index contributed by atoms with van der Waals surface area (Å²) in [6, 6.07) is 7.40. The number of carbonyl (C=O) groups excluding carboxylic acids is 1. The molecule has 1 aromatic rings. The van der Waals surface area contributed by atoms with E-state index in [4.69, 9.17) is 5.26 Å². The molecule has 1 aliphatic heterocycles. The van der Waals surface area contributed by atoms with E-state index in [1.54, 1.807) is 6.07 Å². The van der Waals surface area contributed by atoms with Gasteiger partial charge in [0.1, 0.15) is 11.8 Å². The molecule has 94 valence electrons. The Labute approximate surface area is 111 Å². The van der Waals surface area contributed by atoms with Crippen LogP contribution in [0.25, 0.3) is 5.57 Å². The monoisotopic (exact) mass is 251 g/mol. The van der Waals surface area contributed by atoms with Gasteiger partial charge in [-0.3, -0.25) is 4.79 Å². The molecule has 0 unspecified atom stereocenters. The summed E-state index contributed by atoms with van der Waals surface area (Å²) in [4.78, 5) is 15.5. The number of benzene rings is 1. The first kappa shape index (κ1) is 12.8. The van der Waals surface area contributed by atoms with E-state index in [1.807, 2.05) is 18.2 Å². The summed E-state index contributed by atoms with van der Waals surface area (Å²) in [5, 5.41) is 11.4. The van der Waals surface area contributed by atoms with Crippen LogP contribution in [0.4, 0.5) is 0 Å². The Morgan fingerprint density at radius 3 is 3.00 bits per heavy atom. The molecule has 0 aliphatic carbocycles. The number of amides is 1. The van der Waals surface area contributed by atoms with Gasteiger partial charge in [-0.2, -0.15) is 5.26 Å². The van der Waals surface area contributed by atoms with Crippen LogP contribution < -0.4 is 5.32 Å². The SMILES string of the molecule is C=C(C#N)N=CC(=C)c1ccc2c(c1)CCNC2=O. The van der Waals surface area contributed by atoms with Gasteiger partial charge >= 0.3 is 0 Å². The summed E-state index contributed by atoms with van der Waals surface area (Å²) < 4.78 is 0. The minimum Gasteiger partial charge on any atom is -0.352 e. The third-order valence-electron chi connectivity index (χ3n) is 2.91. The number of carbonyl (C=O) groups is 1. The second-order valence-electron chi connectivity index (χ2n) is 4.22. The van der Waals surface area contributed by atoms with Crippen LogP contribution in [-0.4, -0.2) is 18.7 Å². The molecule has 1 aliphatic rings. The average molecular weight is 251 g/mol. The van der Waals surface area contributed by atoms with Crippen LogP contribution in [0, 0.1) is 11.3 Å². The maximum atomic E-state index is 11.6. The predicted octanol–water partition coefficient (Wildman–Crippen LogP) is 2.09. The molecule has 1 amide bonds. The molecule has 0 spiro atoms. The highest BCUT2D eigenvalue weighted by atomic mass is 16.1. The molecule has 0 atom stereocenters. The fourth-order valence-electron chi connectivity index (χ4n) is 1.89. The quantitative estimate of drug-likeness (QED) is 0.660. The highest BCUT2D eigenvalue weighted by Crippen LogP contribution is 2.19. The van der Waals surface area contributed by atoms with Crippen molar-refractivity contribution in [2.75, 3.05) is 6.54 Å². The fraction of sp³-hybridized carbons (Fsp3) is 0.133. The minimum atomic E-state index is -0.0371. The molecule has 0 aromatic heterocycles. The van der Waals surface area contributed by atoms with Crippen LogP contribution in [0.15, 0.2) is 42.0 Å². The maximum Gasteiger partial charge on any atom is 0.251 e. The molecule has 0 bridgehead atoms. The summed E-state index contributed by atoms with van der Waals surface area (Å²) in [7, 11) is 0. The van der Waals surface area contributed by atoms with Crippen molar-refractivity contribution < 1.29 is 4.79 Å². The number of rotatable bonds is 3. The topological polar surface area (TPSA) is 65.2 Å². The van der Waals surface area contributed by atoms with Crippen LogP contribution in [0.3, 0.4) is 0 Å². The van der Waals surface area contributed by atoms with E-state index in [1.165, 1.54) is 6.21 Å². The first-order chi connectivity index (χ1) is 9.11. The lowest BCUT2D eigenvalue weighted by molar-refractivity contribution is 0.0946. The number of nitrogens with zero attached hydrogens (tertiary/aromatic N) is 2. The molecule has 19 heavy (non-hydrogen) atoms. The molecule has 1 N–H and O–H groups in total. The van der Waals surface area contributed by atoms with Crippen LogP contribution >= 0.6 is 0 Å². The van der Waals surface area contributed by atoms with Crippen molar-refractivity contribution in [3.8, 4) is 6.07 Å². The zero-order valence-electron chi connectivity index (χ0n) is 10.4. The van der Waals surface area contributed by atoms with Gasteiger partial charge in [0.25, 0.3) is 5.91 Å². The number of allylic oxidation sites excluding steroid dienone is 2.